The van der Waals surface area contributed by atoms with E-state index >= 15 is 0 Å². The molecule has 0 saturated carbocycles. The number of rotatable bonds is 7. The largest absolute Gasteiger partial charge is 0.388 e. The van der Waals surface area contributed by atoms with Crippen LogP contribution < -0.4 is 5.32 Å². The van der Waals surface area contributed by atoms with Gasteiger partial charge in [0.05, 0.1) is 11.4 Å². The molecule has 0 spiro atoms. The van der Waals surface area contributed by atoms with Crippen molar-refractivity contribution in [2.75, 3.05) is 32.0 Å². The van der Waals surface area contributed by atoms with Gasteiger partial charge in [-0.1, -0.05) is 12.1 Å². The Bertz CT molecular complexity index is 1400. The minimum Gasteiger partial charge on any atom is -0.388 e. The van der Waals surface area contributed by atoms with Gasteiger partial charge in [-0.05, 0) is 70.0 Å². The Morgan fingerprint density at radius 2 is 1.92 bits per heavy atom. The van der Waals surface area contributed by atoms with E-state index in [4.69, 9.17) is 5.41 Å². The van der Waals surface area contributed by atoms with Crippen LogP contribution in [0, 0.1) is 25.1 Å². The predicted molar refractivity (Wildman–Crippen MR) is 151 cm³/mol. The van der Waals surface area contributed by atoms with E-state index in [0.29, 0.717) is 54.3 Å². The zero-order chi connectivity index (χ0) is 28.5. The average Bonchev–Trinajstić information content (AvgIpc) is 2.89. The van der Waals surface area contributed by atoms with Crippen LogP contribution in [0.25, 0.3) is 0 Å². The van der Waals surface area contributed by atoms with Gasteiger partial charge in [0.1, 0.15) is 11.4 Å². The zero-order valence-corrected chi connectivity index (χ0v) is 23.5. The first-order valence-corrected chi connectivity index (χ1v) is 13.1. The Balaban J connectivity index is 1.56. The standard InChI is InChI=1S/C30H37FN6O2/c1-18-7-8-21(24(31)13-18)17-36-11-12-37(20(3)16-36)28(38)22-15-23(26(33-6)14-19(22)2)27(32)25-9-10-34-29(35-25)30(4,5)39/h7-10,13-15,20,32-33,39H,11-12,16-17H2,1-6H3. The quantitative estimate of drug-likeness (QED) is 0.393. The molecule has 39 heavy (non-hydrogen) atoms. The lowest BCUT2D eigenvalue weighted by Crippen LogP contribution is -2.53. The van der Waals surface area contributed by atoms with Crippen LogP contribution in [0.4, 0.5) is 10.1 Å². The molecule has 2 heterocycles. The number of aromatic nitrogens is 2. The second-order valence-electron chi connectivity index (χ2n) is 10.8. The van der Waals surface area contributed by atoms with E-state index in [0.717, 1.165) is 11.1 Å². The van der Waals surface area contributed by atoms with Crippen LogP contribution in [-0.4, -0.2) is 69.2 Å². The van der Waals surface area contributed by atoms with Crippen molar-refractivity contribution in [1.82, 2.24) is 19.8 Å². The van der Waals surface area contributed by atoms with E-state index in [-0.39, 0.29) is 29.3 Å². The van der Waals surface area contributed by atoms with E-state index in [1.54, 1.807) is 39.1 Å². The molecule has 0 aliphatic carbocycles. The Morgan fingerprint density at radius 3 is 2.56 bits per heavy atom. The zero-order valence-electron chi connectivity index (χ0n) is 23.5. The van der Waals surface area contributed by atoms with Crippen LogP contribution in [0.15, 0.2) is 42.6 Å². The summed E-state index contributed by atoms with van der Waals surface area (Å²) in [6.07, 6.45) is 1.52. The number of halogens is 1. The summed E-state index contributed by atoms with van der Waals surface area (Å²) >= 11 is 0. The van der Waals surface area contributed by atoms with Crippen LogP contribution >= 0.6 is 0 Å². The summed E-state index contributed by atoms with van der Waals surface area (Å²) in [5.41, 5.74) is 3.35. The maximum Gasteiger partial charge on any atom is 0.254 e. The fourth-order valence-corrected chi connectivity index (χ4v) is 4.94. The predicted octanol–water partition coefficient (Wildman–Crippen LogP) is 4.26. The van der Waals surface area contributed by atoms with E-state index in [1.165, 1.54) is 6.20 Å². The number of aliphatic hydroxyl groups is 1. The highest BCUT2D eigenvalue weighted by atomic mass is 19.1. The minimum atomic E-state index is -1.25. The third kappa shape index (κ3) is 6.15. The van der Waals surface area contributed by atoms with Gasteiger partial charge in [0, 0.05) is 67.8 Å². The van der Waals surface area contributed by atoms with Crippen molar-refractivity contribution in [2.24, 2.45) is 0 Å². The first-order chi connectivity index (χ1) is 18.4. The number of hydrogen-bond acceptors (Lipinski definition) is 7. The number of hydrogen-bond donors (Lipinski definition) is 3. The molecule has 0 radical (unpaired) electrons. The van der Waals surface area contributed by atoms with Crippen LogP contribution in [0.1, 0.15) is 64.9 Å². The molecule has 1 saturated heterocycles. The maximum absolute atomic E-state index is 14.4. The molecule has 1 aliphatic heterocycles. The topological polar surface area (TPSA) is 105 Å². The molecule has 9 heteroatoms. The van der Waals surface area contributed by atoms with Gasteiger partial charge in [0.25, 0.3) is 5.91 Å². The van der Waals surface area contributed by atoms with Gasteiger partial charge in [0.2, 0.25) is 0 Å². The number of amides is 1. The van der Waals surface area contributed by atoms with Crippen molar-refractivity contribution in [3.05, 3.63) is 87.7 Å². The van der Waals surface area contributed by atoms with Crippen LogP contribution in [0.2, 0.25) is 0 Å². The summed E-state index contributed by atoms with van der Waals surface area (Å²) in [5.74, 6) is -0.0798. The molecule has 206 valence electrons. The summed E-state index contributed by atoms with van der Waals surface area (Å²) < 4.78 is 14.4. The highest BCUT2D eigenvalue weighted by Gasteiger charge is 2.30. The van der Waals surface area contributed by atoms with Crippen molar-refractivity contribution in [1.29, 1.82) is 5.41 Å². The van der Waals surface area contributed by atoms with Gasteiger partial charge in [0.15, 0.2) is 5.82 Å². The van der Waals surface area contributed by atoms with Gasteiger partial charge in [-0.2, -0.15) is 0 Å². The Labute approximate surface area is 229 Å². The molecule has 0 bridgehead atoms. The lowest BCUT2D eigenvalue weighted by molar-refractivity contribution is 0.0472. The number of carbonyl (C=O) groups excluding carboxylic acids is 1. The molecular weight excluding hydrogens is 495 g/mol. The molecule has 4 rings (SSSR count). The molecule has 2 aromatic carbocycles. The lowest BCUT2D eigenvalue weighted by atomic mass is 9.96. The van der Waals surface area contributed by atoms with Gasteiger partial charge in [-0.15, -0.1) is 0 Å². The monoisotopic (exact) mass is 532 g/mol. The molecular formula is C30H37FN6O2. The van der Waals surface area contributed by atoms with Gasteiger partial charge in [-0.25, -0.2) is 14.4 Å². The third-order valence-electron chi connectivity index (χ3n) is 7.17. The molecule has 8 nitrogen and oxygen atoms in total. The third-order valence-corrected chi connectivity index (χ3v) is 7.17. The maximum atomic E-state index is 14.4. The van der Waals surface area contributed by atoms with E-state index < -0.39 is 5.60 Å². The lowest BCUT2D eigenvalue weighted by Gasteiger charge is -2.40. The summed E-state index contributed by atoms with van der Waals surface area (Å²) in [7, 11) is 1.77. The van der Waals surface area contributed by atoms with Gasteiger partial charge >= 0.3 is 0 Å². The van der Waals surface area contributed by atoms with E-state index in [9.17, 15) is 14.3 Å². The van der Waals surface area contributed by atoms with Crippen LogP contribution in [0.5, 0.6) is 0 Å². The second kappa shape index (κ2) is 11.2. The molecule has 1 aliphatic rings. The molecule has 1 fully saturated rings. The number of aryl methyl sites for hydroxylation is 2. The summed E-state index contributed by atoms with van der Waals surface area (Å²) in [4.78, 5) is 26.4. The van der Waals surface area contributed by atoms with E-state index in [2.05, 4.69) is 20.2 Å². The average molecular weight is 533 g/mol. The van der Waals surface area contributed by atoms with Crippen molar-refractivity contribution in [2.45, 2.75) is 52.8 Å². The first kappa shape index (κ1) is 28.3. The number of nitrogens with one attached hydrogen (secondary N) is 2. The van der Waals surface area contributed by atoms with Crippen molar-refractivity contribution < 1.29 is 14.3 Å². The fraction of sp³-hybridized carbons (Fsp3) is 0.400. The molecule has 1 aromatic heterocycles. The number of anilines is 1. The van der Waals surface area contributed by atoms with E-state index in [1.807, 2.05) is 43.9 Å². The van der Waals surface area contributed by atoms with Gasteiger partial charge < -0.3 is 15.3 Å². The Hall–Kier alpha value is -3.69. The molecule has 1 unspecified atom stereocenters. The van der Waals surface area contributed by atoms with Crippen molar-refractivity contribution in [3.63, 3.8) is 0 Å². The minimum absolute atomic E-state index is 0.0674. The Morgan fingerprint density at radius 1 is 1.18 bits per heavy atom. The highest BCUT2D eigenvalue weighted by molar-refractivity contribution is 6.14. The first-order valence-electron chi connectivity index (χ1n) is 13.1. The second-order valence-corrected chi connectivity index (χ2v) is 10.8. The summed E-state index contributed by atoms with van der Waals surface area (Å²) in [5, 5.41) is 22.4. The summed E-state index contributed by atoms with van der Waals surface area (Å²) in [6, 6.07) is 10.5. The van der Waals surface area contributed by atoms with Crippen molar-refractivity contribution in [3.8, 4) is 0 Å². The molecule has 3 aromatic rings. The highest BCUT2D eigenvalue weighted by Crippen LogP contribution is 2.27. The number of benzene rings is 2. The number of piperazine rings is 1. The molecule has 1 amide bonds. The summed E-state index contributed by atoms with van der Waals surface area (Å²) in [6.45, 7) is 11.3. The molecule has 1 atom stereocenters. The SMILES string of the molecule is CNc1cc(C)c(C(=O)N2CCN(Cc3ccc(C)cc3F)CC2C)cc1C(=N)c1ccnc(C(C)(C)O)n1. The molecule has 3 N–H and O–H groups in total. The normalized spacial score (nSPS) is 16.3. The number of nitrogens with zero attached hydrogens (tertiary/aromatic N) is 4. The van der Waals surface area contributed by atoms with Gasteiger partial charge in [-0.3, -0.25) is 15.1 Å². The van der Waals surface area contributed by atoms with Crippen LogP contribution in [0.3, 0.4) is 0 Å². The van der Waals surface area contributed by atoms with Crippen molar-refractivity contribution >= 4 is 17.3 Å². The smallest absolute Gasteiger partial charge is 0.254 e. The Kier molecular flexibility index (Phi) is 8.13. The van der Waals surface area contributed by atoms with Crippen LogP contribution in [-0.2, 0) is 12.1 Å². The number of carbonyl (C=O) groups is 1. The fourth-order valence-electron chi connectivity index (χ4n) is 4.94.